The zero-order valence-corrected chi connectivity index (χ0v) is 16.3. The third-order valence-corrected chi connectivity index (χ3v) is 6.50. The summed E-state index contributed by atoms with van der Waals surface area (Å²) in [4.78, 5) is 35.6. The molecule has 5 rings (SSSR count). The van der Waals surface area contributed by atoms with Crippen molar-refractivity contribution in [3.05, 3.63) is 47.1 Å². The summed E-state index contributed by atoms with van der Waals surface area (Å²) in [6, 6.07) is 11.7. The number of anilines is 1. The van der Waals surface area contributed by atoms with E-state index in [-0.39, 0.29) is 23.7 Å². The van der Waals surface area contributed by atoms with Crippen LogP contribution in [0.5, 0.6) is 0 Å². The number of imidazole rings is 1. The fourth-order valence-corrected chi connectivity index (χ4v) is 4.67. The van der Waals surface area contributed by atoms with Gasteiger partial charge in [0, 0.05) is 24.9 Å². The van der Waals surface area contributed by atoms with E-state index < -0.39 is 0 Å². The van der Waals surface area contributed by atoms with Crippen LogP contribution in [-0.2, 0) is 4.79 Å². The van der Waals surface area contributed by atoms with E-state index in [9.17, 15) is 9.59 Å². The van der Waals surface area contributed by atoms with Gasteiger partial charge in [0.25, 0.3) is 5.91 Å². The summed E-state index contributed by atoms with van der Waals surface area (Å²) in [6.07, 6.45) is 3.93. The Hall–Kier alpha value is -2.67. The third kappa shape index (κ3) is 3.42. The lowest BCUT2D eigenvalue weighted by Gasteiger charge is -2.31. The quantitative estimate of drug-likeness (QED) is 0.702. The maximum absolute atomic E-state index is 13.0. The monoisotopic (exact) mass is 394 g/mol. The zero-order valence-electron chi connectivity index (χ0n) is 15.5. The predicted octanol–water partition coefficient (Wildman–Crippen LogP) is 3.99. The number of nitrogens with zero attached hydrogens (tertiary/aromatic N) is 2. The van der Waals surface area contributed by atoms with Crippen molar-refractivity contribution in [1.82, 2.24) is 14.9 Å². The molecule has 1 unspecified atom stereocenters. The Bertz CT molecular complexity index is 1000. The molecule has 1 saturated heterocycles. The number of thiophene rings is 1. The normalized spacial score (nSPS) is 19.7. The molecule has 2 aliphatic rings. The van der Waals surface area contributed by atoms with Crippen LogP contribution in [0, 0.1) is 5.92 Å². The number of piperidine rings is 1. The lowest BCUT2D eigenvalue weighted by Crippen LogP contribution is -2.39. The lowest BCUT2D eigenvalue weighted by molar-refractivity contribution is -0.117. The summed E-state index contributed by atoms with van der Waals surface area (Å²) in [5.41, 5.74) is 2.01. The SMILES string of the molecule is O=C(Nc1ccc(C(=O)N2CCCC(c3nc4ccccc4[nH]3)C2)s1)C1CC1. The summed E-state index contributed by atoms with van der Waals surface area (Å²) < 4.78 is 0. The Balaban J connectivity index is 1.28. The molecule has 1 atom stereocenters. The molecule has 1 saturated carbocycles. The van der Waals surface area contributed by atoms with Gasteiger partial charge in [0.15, 0.2) is 0 Å². The Morgan fingerprint density at radius 2 is 2.00 bits per heavy atom. The minimum atomic E-state index is 0.0396. The number of H-pyrrole nitrogens is 1. The average molecular weight is 395 g/mol. The largest absolute Gasteiger partial charge is 0.342 e. The first kappa shape index (κ1) is 17.4. The summed E-state index contributed by atoms with van der Waals surface area (Å²) >= 11 is 1.36. The molecule has 1 aromatic carbocycles. The van der Waals surface area contributed by atoms with Crippen LogP contribution < -0.4 is 5.32 Å². The number of amides is 2. The number of hydrogen-bond donors (Lipinski definition) is 2. The second-order valence-corrected chi connectivity index (χ2v) is 8.74. The van der Waals surface area contributed by atoms with E-state index in [0.717, 1.165) is 54.1 Å². The number of carbonyl (C=O) groups is 2. The molecule has 28 heavy (non-hydrogen) atoms. The standard InChI is InChI=1S/C21H22N4O2S/c26-20(13-7-8-13)24-18-10-9-17(28-18)21(27)25-11-3-4-14(12-25)19-22-15-5-1-2-6-16(15)23-19/h1-2,5-6,9-10,13-14H,3-4,7-8,11-12H2,(H,22,23)(H,24,26). The van der Waals surface area contributed by atoms with Crippen molar-refractivity contribution in [2.24, 2.45) is 5.92 Å². The van der Waals surface area contributed by atoms with Crippen molar-refractivity contribution in [3.63, 3.8) is 0 Å². The molecule has 3 aromatic rings. The summed E-state index contributed by atoms with van der Waals surface area (Å²) in [5, 5.41) is 3.68. The molecule has 2 N–H and O–H groups in total. The molecule has 1 aliphatic heterocycles. The van der Waals surface area contributed by atoms with Crippen LogP contribution >= 0.6 is 11.3 Å². The van der Waals surface area contributed by atoms with Crippen LogP contribution in [0.4, 0.5) is 5.00 Å². The van der Waals surface area contributed by atoms with Gasteiger partial charge in [-0.05, 0) is 49.9 Å². The van der Waals surface area contributed by atoms with Gasteiger partial charge in [-0.1, -0.05) is 12.1 Å². The maximum Gasteiger partial charge on any atom is 0.264 e. The highest BCUT2D eigenvalue weighted by molar-refractivity contribution is 7.18. The van der Waals surface area contributed by atoms with Crippen LogP contribution in [0.25, 0.3) is 11.0 Å². The number of para-hydroxylation sites is 2. The van der Waals surface area contributed by atoms with E-state index in [1.807, 2.05) is 41.3 Å². The number of aromatic amines is 1. The molecule has 2 fully saturated rings. The van der Waals surface area contributed by atoms with Crippen LogP contribution in [-0.4, -0.2) is 39.8 Å². The molecule has 3 heterocycles. The van der Waals surface area contributed by atoms with Crippen LogP contribution in [0.15, 0.2) is 36.4 Å². The highest BCUT2D eigenvalue weighted by Crippen LogP contribution is 2.33. The van der Waals surface area contributed by atoms with Gasteiger partial charge in [-0.25, -0.2) is 4.98 Å². The summed E-state index contributed by atoms with van der Waals surface area (Å²) in [5.74, 6) is 1.45. The van der Waals surface area contributed by atoms with Crippen LogP contribution in [0.1, 0.15) is 47.1 Å². The average Bonchev–Trinajstić information content (AvgIpc) is 3.32. The molecule has 0 spiro atoms. The molecular weight excluding hydrogens is 372 g/mol. The van der Waals surface area contributed by atoms with Crippen molar-refractivity contribution in [1.29, 1.82) is 0 Å². The molecule has 1 aliphatic carbocycles. The Labute approximate surface area is 167 Å². The highest BCUT2D eigenvalue weighted by Gasteiger charge is 2.31. The first-order valence-electron chi connectivity index (χ1n) is 9.82. The number of rotatable bonds is 4. The van der Waals surface area contributed by atoms with Gasteiger partial charge >= 0.3 is 0 Å². The minimum Gasteiger partial charge on any atom is -0.342 e. The molecule has 144 valence electrons. The molecule has 2 aromatic heterocycles. The molecule has 2 amide bonds. The number of fused-ring (bicyclic) bond motifs is 1. The van der Waals surface area contributed by atoms with Crippen molar-refractivity contribution >= 4 is 39.2 Å². The second kappa shape index (κ2) is 7.05. The molecule has 0 radical (unpaired) electrons. The minimum absolute atomic E-state index is 0.0396. The fraction of sp³-hybridized carbons (Fsp3) is 0.381. The summed E-state index contributed by atoms with van der Waals surface area (Å²) in [6.45, 7) is 1.43. The highest BCUT2D eigenvalue weighted by atomic mass is 32.1. The van der Waals surface area contributed by atoms with Gasteiger partial charge in [-0.2, -0.15) is 0 Å². The zero-order chi connectivity index (χ0) is 19.1. The van der Waals surface area contributed by atoms with Crippen LogP contribution in [0.2, 0.25) is 0 Å². The predicted molar refractivity (Wildman–Crippen MR) is 110 cm³/mol. The third-order valence-electron chi connectivity index (χ3n) is 5.51. The van der Waals surface area contributed by atoms with Gasteiger partial charge in [-0.15, -0.1) is 11.3 Å². The van der Waals surface area contributed by atoms with Crippen molar-refractivity contribution in [3.8, 4) is 0 Å². The van der Waals surface area contributed by atoms with Crippen molar-refractivity contribution in [2.75, 3.05) is 18.4 Å². The Morgan fingerprint density at radius 3 is 2.82 bits per heavy atom. The Morgan fingerprint density at radius 1 is 1.14 bits per heavy atom. The maximum atomic E-state index is 13.0. The number of likely N-dealkylation sites (tertiary alicyclic amines) is 1. The van der Waals surface area contributed by atoms with Crippen molar-refractivity contribution < 1.29 is 9.59 Å². The van der Waals surface area contributed by atoms with E-state index in [2.05, 4.69) is 10.3 Å². The van der Waals surface area contributed by atoms with Gasteiger partial charge in [-0.3, -0.25) is 9.59 Å². The molecular formula is C21H22N4O2S. The topological polar surface area (TPSA) is 78.1 Å². The number of benzene rings is 1. The van der Waals surface area contributed by atoms with E-state index in [4.69, 9.17) is 4.98 Å². The lowest BCUT2D eigenvalue weighted by atomic mass is 9.97. The van der Waals surface area contributed by atoms with Gasteiger partial charge < -0.3 is 15.2 Å². The van der Waals surface area contributed by atoms with E-state index in [1.165, 1.54) is 11.3 Å². The second-order valence-electron chi connectivity index (χ2n) is 7.66. The van der Waals surface area contributed by atoms with E-state index in [0.29, 0.717) is 11.4 Å². The Kier molecular flexibility index (Phi) is 4.39. The van der Waals surface area contributed by atoms with E-state index >= 15 is 0 Å². The number of aromatic nitrogens is 2. The molecule has 0 bridgehead atoms. The van der Waals surface area contributed by atoms with Crippen molar-refractivity contribution in [2.45, 2.75) is 31.6 Å². The van der Waals surface area contributed by atoms with Gasteiger partial charge in [0.05, 0.1) is 20.9 Å². The fourth-order valence-electron chi connectivity index (χ4n) is 3.80. The molecule has 7 heteroatoms. The number of hydrogen-bond acceptors (Lipinski definition) is 4. The first-order valence-corrected chi connectivity index (χ1v) is 10.6. The first-order chi connectivity index (χ1) is 13.7. The van der Waals surface area contributed by atoms with Crippen LogP contribution in [0.3, 0.4) is 0 Å². The van der Waals surface area contributed by atoms with E-state index in [1.54, 1.807) is 0 Å². The summed E-state index contributed by atoms with van der Waals surface area (Å²) in [7, 11) is 0. The smallest absolute Gasteiger partial charge is 0.264 e. The van der Waals surface area contributed by atoms with Gasteiger partial charge in [0.1, 0.15) is 5.82 Å². The van der Waals surface area contributed by atoms with Gasteiger partial charge in [0.2, 0.25) is 5.91 Å². The number of carbonyl (C=O) groups excluding carboxylic acids is 2. The number of nitrogens with one attached hydrogen (secondary N) is 2. The molecule has 6 nitrogen and oxygen atoms in total.